The lowest BCUT2D eigenvalue weighted by molar-refractivity contribution is -0.122. The van der Waals surface area contributed by atoms with Crippen LogP contribution in [0.5, 0.6) is 0 Å². The van der Waals surface area contributed by atoms with E-state index in [4.69, 9.17) is 0 Å². The summed E-state index contributed by atoms with van der Waals surface area (Å²) in [5.74, 6) is 0.143. The van der Waals surface area contributed by atoms with E-state index in [1.807, 2.05) is 86.0 Å². The monoisotopic (exact) mass is 598 g/mol. The van der Waals surface area contributed by atoms with Crippen LogP contribution in [0.2, 0.25) is 0 Å². The van der Waals surface area contributed by atoms with E-state index < -0.39 is 21.3 Å². The summed E-state index contributed by atoms with van der Waals surface area (Å²) in [6, 6.07) is 22.5. The van der Waals surface area contributed by atoms with E-state index in [0.29, 0.717) is 31.8 Å². The molecule has 1 aliphatic rings. The van der Waals surface area contributed by atoms with Gasteiger partial charge in [-0.3, -0.25) is 4.79 Å². The highest BCUT2D eigenvalue weighted by Gasteiger charge is 2.33. The van der Waals surface area contributed by atoms with Crippen LogP contribution in [0.4, 0.5) is 0 Å². The van der Waals surface area contributed by atoms with Crippen LogP contribution in [-0.4, -0.2) is 76.3 Å². The number of benzene rings is 3. The van der Waals surface area contributed by atoms with Crippen molar-refractivity contribution in [2.24, 2.45) is 0 Å². The molecule has 11 nitrogen and oxygen atoms in total. The number of piperidine rings is 1. The summed E-state index contributed by atoms with van der Waals surface area (Å²) in [7, 11) is -1.73. The third kappa shape index (κ3) is 6.51. The van der Waals surface area contributed by atoms with Crippen LogP contribution in [0.1, 0.15) is 24.0 Å². The van der Waals surface area contributed by atoms with Gasteiger partial charge in [0.1, 0.15) is 6.04 Å². The zero-order valence-corrected chi connectivity index (χ0v) is 24.6. The molecule has 3 heterocycles. The minimum atomic E-state index is -3.71. The first-order valence-corrected chi connectivity index (χ1v) is 15.9. The Bertz CT molecular complexity index is 1790. The highest BCUT2D eigenvalue weighted by molar-refractivity contribution is 7.90. The summed E-state index contributed by atoms with van der Waals surface area (Å²) in [5.41, 5.74) is 5.50. The van der Waals surface area contributed by atoms with E-state index in [9.17, 15) is 13.2 Å². The number of fused-ring (bicyclic) bond motifs is 1. The Morgan fingerprint density at radius 1 is 1.00 bits per heavy atom. The van der Waals surface area contributed by atoms with Crippen LogP contribution in [-0.2, 0) is 27.8 Å². The molecule has 1 atom stereocenters. The first kappa shape index (κ1) is 28.7. The molecule has 0 radical (unpaired) electrons. The number of tetrazole rings is 1. The lowest BCUT2D eigenvalue weighted by Crippen LogP contribution is -2.51. The Morgan fingerprint density at radius 3 is 2.47 bits per heavy atom. The van der Waals surface area contributed by atoms with Crippen molar-refractivity contribution >= 4 is 26.8 Å². The molecule has 2 aromatic heterocycles. The molecule has 12 heteroatoms. The minimum absolute atomic E-state index is 0.230. The van der Waals surface area contributed by atoms with Crippen LogP contribution < -0.4 is 10.0 Å². The molecule has 43 heavy (non-hydrogen) atoms. The van der Waals surface area contributed by atoms with E-state index in [2.05, 4.69) is 40.5 Å². The molecule has 3 aromatic carbocycles. The van der Waals surface area contributed by atoms with Crippen molar-refractivity contribution in [2.45, 2.75) is 37.1 Å². The largest absolute Gasteiger partial charge is 0.361 e. The topological polar surface area (TPSA) is 149 Å². The van der Waals surface area contributed by atoms with Crippen LogP contribution in [0, 0.1) is 0 Å². The maximum atomic E-state index is 13.6. The van der Waals surface area contributed by atoms with Gasteiger partial charge in [0.15, 0.2) is 0 Å². The molecule has 6 rings (SSSR count). The number of nitrogens with one attached hydrogen (secondary N) is 4. The third-order valence-electron chi connectivity index (χ3n) is 8.07. The normalized spacial score (nSPS) is 15.5. The smallest absolute Gasteiger partial charge is 0.238 e. The molecule has 222 valence electrons. The number of para-hydroxylation sites is 1. The van der Waals surface area contributed by atoms with Crippen molar-refractivity contribution in [1.29, 1.82) is 0 Å². The first-order chi connectivity index (χ1) is 20.9. The average Bonchev–Trinajstić information content (AvgIpc) is 3.71. The van der Waals surface area contributed by atoms with Crippen LogP contribution in [0.15, 0.2) is 79.0 Å². The van der Waals surface area contributed by atoms with Gasteiger partial charge in [-0.15, -0.1) is 10.2 Å². The highest BCUT2D eigenvalue weighted by Crippen LogP contribution is 2.30. The summed E-state index contributed by atoms with van der Waals surface area (Å²) in [5, 5.41) is 17.8. The molecule has 1 amide bonds. The standard InChI is InChI=1S/C31H34N8O3S/c1-39-16-14-24(15-17-39)43(41,42)36-29(18-23-20-32-28-9-5-4-7-26(23)28)31(40)33-19-21-10-12-22(13-11-21)25-6-2-3-8-27(25)30-34-37-38-35-30/h2-13,20,24,29,32,36H,14-19H2,1H3,(H,33,40)(H,34,35,37,38). The van der Waals surface area contributed by atoms with Gasteiger partial charge in [-0.2, -0.15) is 5.21 Å². The second kappa shape index (κ2) is 12.5. The van der Waals surface area contributed by atoms with Gasteiger partial charge in [0, 0.05) is 29.2 Å². The van der Waals surface area contributed by atoms with Gasteiger partial charge < -0.3 is 15.2 Å². The highest BCUT2D eigenvalue weighted by atomic mass is 32.2. The third-order valence-corrected chi connectivity index (χ3v) is 10.0. The van der Waals surface area contributed by atoms with Gasteiger partial charge >= 0.3 is 0 Å². The molecule has 0 saturated carbocycles. The number of rotatable bonds is 10. The van der Waals surface area contributed by atoms with E-state index in [1.165, 1.54) is 0 Å². The number of H-pyrrole nitrogens is 2. The van der Waals surface area contributed by atoms with Crippen LogP contribution in [0.3, 0.4) is 0 Å². The molecule has 1 aliphatic heterocycles. The second-order valence-electron chi connectivity index (χ2n) is 11.0. The van der Waals surface area contributed by atoms with Gasteiger partial charge in [-0.25, -0.2) is 13.1 Å². The molecule has 0 bridgehead atoms. The Kier molecular flexibility index (Phi) is 8.32. The van der Waals surface area contributed by atoms with Crippen LogP contribution >= 0.6 is 0 Å². The van der Waals surface area contributed by atoms with E-state index in [1.54, 1.807) is 0 Å². The number of hydrogen-bond acceptors (Lipinski definition) is 7. The molecule has 4 N–H and O–H groups in total. The number of nitrogens with zero attached hydrogens (tertiary/aromatic N) is 4. The van der Waals surface area contributed by atoms with Gasteiger partial charge in [0.2, 0.25) is 21.8 Å². The zero-order chi connectivity index (χ0) is 29.8. The summed E-state index contributed by atoms with van der Waals surface area (Å²) >= 11 is 0. The Labute approximate surface area is 250 Å². The number of sulfonamides is 1. The fraction of sp³-hybridized carbons (Fsp3) is 0.290. The molecule has 1 unspecified atom stereocenters. The average molecular weight is 599 g/mol. The van der Waals surface area contributed by atoms with Gasteiger partial charge in [-0.1, -0.05) is 66.7 Å². The molecule has 0 aliphatic carbocycles. The van der Waals surface area contributed by atoms with Crippen molar-refractivity contribution in [3.05, 3.63) is 90.1 Å². The van der Waals surface area contributed by atoms with Gasteiger partial charge in [0.25, 0.3) is 0 Å². The van der Waals surface area contributed by atoms with Crippen molar-refractivity contribution in [3.63, 3.8) is 0 Å². The minimum Gasteiger partial charge on any atom is -0.361 e. The van der Waals surface area contributed by atoms with E-state index in [0.717, 1.165) is 38.7 Å². The number of hydrogen-bond donors (Lipinski definition) is 4. The number of amides is 1. The second-order valence-corrected chi connectivity index (χ2v) is 13.0. The summed E-state index contributed by atoms with van der Waals surface area (Å²) in [6.07, 6.45) is 3.15. The maximum Gasteiger partial charge on any atom is 0.238 e. The molecular weight excluding hydrogens is 564 g/mol. The lowest BCUT2D eigenvalue weighted by atomic mass is 9.98. The molecular formula is C31H34N8O3S. The SMILES string of the molecule is CN1CCC(S(=O)(=O)NC(Cc2c[nH]c3ccccc23)C(=O)NCc2ccc(-c3ccccc3-c3nn[nH]n3)cc2)CC1. The number of likely N-dealkylation sites (tertiary alicyclic amines) is 1. The summed E-state index contributed by atoms with van der Waals surface area (Å²) in [4.78, 5) is 18.9. The number of aromatic amines is 2. The van der Waals surface area contributed by atoms with Gasteiger partial charge in [0.05, 0.1) is 5.25 Å². The predicted molar refractivity (Wildman–Crippen MR) is 165 cm³/mol. The van der Waals surface area contributed by atoms with E-state index >= 15 is 0 Å². The van der Waals surface area contributed by atoms with Crippen molar-refractivity contribution < 1.29 is 13.2 Å². The maximum absolute atomic E-state index is 13.6. The van der Waals surface area contributed by atoms with Crippen molar-refractivity contribution in [2.75, 3.05) is 20.1 Å². The van der Waals surface area contributed by atoms with Crippen molar-refractivity contribution in [1.82, 2.24) is 40.5 Å². The Balaban J connectivity index is 1.18. The van der Waals surface area contributed by atoms with Crippen molar-refractivity contribution in [3.8, 4) is 22.5 Å². The lowest BCUT2D eigenvalue weighted by Gasteiger charge is -2.30. The Hall–Kier alpha value is -4.39. The van der Waals surface area contributed by atoms with Crippen LogP contribution in [0.25, 0.3) is 33.4 Å². The Morgan fingerprint density at radius 2 is 1.72 bits per heavy atom. The number of aromatic nitrogens is 5. The van der Waals surface area contributed by atoms with Gasteiger partial charge in [-0.05, 0) is 72.9 Å². The molecule has 1 saturated heterocycles. The number of carbonyl (C=O) groups is 1. The predicted octanol–water partition coefficient (Wildman–Crippen LogP) is 3.26. The molecule has 1 fully saturated rings. The number of carbonyl (C=O) groups excluding carboxylic acids is 1. The summed E-state index contributed by atoms with van der Waals surface area (Å²) in [6.45, 7) is 1.67. The molecule has 5 aromatic rings. The fourth-order valence-corrected chi connectivity index (χ4v) is 7.23. The quantitative estimate of drug-likeness (QED) is 0.193. The molecule has 0 spiro atoms. The first-order valence-electron chi connectivity index (χ1n) is 14.3. The zero-order valence-electron chi connectivity index (χ0n) is 23.8. The summed E-state index contributed by atoms with van der Waals surface area (Å²) < 4.78 is 29.6. The van der Waals surface area contributed by atoms with E-state index in [-0.39, 0.29) is 18.9 Å². The fourth-order valence-electron chi connectivity index (χ4n) is 5.62.